The van der Waals surface area contributed by atoms with Crippen LogP contribution in [0.15, 0.2) is 17.0 Å². The Morgan fingerprint density at radius 1 is 1.22 bits per heavy atom. The third kappa shape index (κ3) is 4.29. The first-order valence-electron chi connectivity index (χ1n) is 6.96. The highest BCUT2D eigenvalue weighted by Gasteiger charge is 2.29. The first-order valence-corrected chi connectivity index (χ1v) is 8.44. The number of methoxy groups -OCH3 is 1. The predicted molar refractivity (Wildman–Crippen MR) is 83.8 cm³/mol. The second-order valence-electron chi connectivity index (χ2n) is 5.59. The van der Waals surface area contributed by atoms with E-state index in [4.69, 9.17) is 5.11 Å². The Morgan fingerprint density at radius 2 is 1.78 bits per heavy atom. The number of aryl methyl sites for hydroxylation is 1. The number of sulfonamides is 1. The molecule has 0 spiro atoms. The Hall–Kier alpha value is -1.93. The van der Waals surface area contributed by atoms with Gasteiger partial charge >= 0.3 is 11.9 Å². The zero-order valence-corrected chi connectivity index (χ0v) is 14.5. The van der Waals surface area contributed by atoms with Gasteiger partial charge in [-0.05, 0) is 43.0 Å². The number of carboxylic acid groups (broad SMARTS) is 1. The molecule has 0 aromatic heterocycles. The fourth-order valence-electron chi connectivity index (χ4n) is 2.04. The summed E-state index contributed by atoms with van der Waals surface area (Å²) in [4.78, 5) is 22.8. The number of nitrogens with one attached hydrogen (secondary N) is 1. The van der Waals surface area contributed by atoms with Gasteiger partial charge in [0.15, 0.2) is 0 Å². The van der Waals surface area contributed by atoms with Crippen molar-refractivity contribution in [1.82, 2.24) is 4.72 Å². The van der Waals surface area contributed by atoms with Crippen molar-refractivity contribution >= 4 is 22.0 Å². The summed E-state index contributed by atoms with van der Waals surface area (Å²) < 4.78 is 31.9. The second-order valence-corrected chi connectivity index (χ2v) is 7.27. The zero-order valence-electron chi connectivity index (χ0n) is 13.7. The summed E-state index contributed by atoms with van der Waals surface area (Å²) in [6, 6.07) is 1.45. The third-order valence-corrected chi connectivity index (χ3v) is 5.11. The van der Waals surface area contributed by atoms with Crippen molar-refractivity contribution in [3.8, 4) is 0 Å². The smallest absolute Gasteiger partial charge is 0.337 e. The van der Waals surface area contributed by atoms with E-state index >= 15 is 0 Å². The number of benzene rings is 1. The van der Waals surface area contributed by atoms with Gasteiger partial charge in [0, 0.05) is 0 Å². The lowest BCUT2D eigenvalue weighted by Crippen LogP contribution is -2.44. The van der Waals surface area contributed by atoms with Crippen molar-refractivity contribution in [2.75, 3.05) is 7.11 Å². The standard InChI is InChI=1S/C15H21NO6S/c1-8(2)13(14(17)18)16-23(20,21)12-7-11(15(19)22-5)6-9(3)10(12)4/h6-8,13,16H,1-5H3,(H,17,18)/t13-/m1/s1. The molecule has 0 aliphatic heterocycles. The summed E-state index contributed by atoms with van der Waals surface area (Å²) in [6.07, 6.45) is 0. The van der Waals surface area contributed by atoms with Gasteiger partial charge < -0.3 is 9.84 Å². The predicted octanol–water partition coefficient (Wildman–Crippen LogP) is 1.48. The number of hydrogen-bond acceptors (Lipinski definition) is 5. The molecule has 128 valence electrons. The lowest BCUT2D eigenvalue weighted by atomic mass is 10.1. The van der Waals surface area contributed by atoms with Gasteiger partial charge in [-0.2, -0.15) is 4.72 Å². The minimum absolute atomic E-state index is 0.0902. The van der Waals surface area contributed by atoms with Crippen molar-refractivity contribution in [2.24, 2.45) is 5.92 Å². The molecule has 0 saturated heterocycles. The Bertz CT molecular complexity index is 724. The van der Waals surface area contributed by atoms with Crippen LogP contribution in [0.2, 0.25) is 0 Å². The minimum atomic E-state index is -4.11. The second kappa shape index (κ2) is 7.10. The SMILES string of the molecule is COC(=O)c1cc(C)c(C)c(S(=O)(=O)N[C@@H](C(=O)O)C(C)C)c1. The topological polar surface area (TPSA) is 110 Å². The van der Waals surface area contributed by atoms with E-state index in [2.05, 4.69) is 9.46 Å². The van der Waals surface area contributed by atoms with Gasteiger partial charge in [0.2, 0.25) is 10.0 Å². The molecule has 2 N–H and O–H groups in total. The van der Waals surface area contributed by atoms with Gasteiger partial charge in [-0.1, -0.05) is 13.8 Å². The number of carboxylic acids is 1. The molecule has 0 amide bonds. The van der Waals surface area contributed by atoms with Crippen LogP contribution in [0, 0.1) is 19.8 Å². The van der Waals surface area contributed by atoms with E-state index in [1.165, 1.54) is 19.2 Å². The summed E-state index contributed by atoms with van der Waals surface area (Å²) >= 11 is 0. The molecule has 1 aromatic rings. The van der Waals surface area contributed by atoms with Gasteiger partial charge in [0.25, 0.3) is 0 Å². The molecule has 0 bridgehead atoms. The van der Waals surface area contributed by atoms with Gasteiger partial charge in [-0.15, -0.1) is 0 Å². The maximum atomic E-state index is 12.6. The number of aliphatic carboxylic acids is 1. The fourth-order valence-corrected chi connectivity index (χ4v) is 3.72. The van der Waals surface area contributed by atoms with Gasteiger partial charge in [-0.3, -0.25) is 4.79 Å². The lowest BCUT2D eigenvalue weighted by Gasteiger charge is -2.19. The van der Waals surface area contributed by atoms with Crippen molar-refractivity contribution in [2.45, 2.75) is 38.6 Å². The van der Waals surface area contributed by atoms with Crippen LogP contribution in [-0.4, -0.2) is 38.6 Å². The van der Waals surface area contributed by atoms with E-state index in [0.29, 0.717) is 11.1 Å². The first-order chi connectivity index (χ1) is 10.5. The number of carbonyl (C=O) groups is 2. The molecule has 1 rings (SSSR count). The highest BCUT2D eigenvalue weighted by molar-refractivity contribution is 7.89. The third-order valence-electron chi connectivity index (χ3n) is 3.55. The van der Waals surface area contributed by atoms with Crippen LogP contribution in [0.5, 0.6) is 0 Å². The Morgan fingerprint density at radius 3 is 2.22 bits per heavy atom. The summed E-state index contributed by atoms with van der Waals surface area (Å²) in [5.41, 5.74) is 1.12. The highest BCUT2D eigenvalue weighted by Crippen LogP contribution is 2.22. The van der Waals surface area contributed by atoms with E-state index < -0.39 is 33.9 Å². The van der Waals surface area contributed by atoms with Crippen LogP contribution in [0.25, 0.3) is 0 Å². The Kier molecular flexibility index (Phi) is 5.90. The highest BCUT2D eigenvalue weighted by atomic mass is 32.2. The van der Waals surface area contributed by atoms with Crippen LogP contribution in [0.3, 0.4) is 0 Å². The molecule has 7 nitrogen and oxygen atoms in total. The molecule has 1 aromatic carbocycles. The summed E-state index contributed by atoms with van der Waals surface area (Å²) in [7, 11) is -2.91. The monoisotopic (exact) mass is 343 g/mol. The van der Waals surface area contributed by atoms with Crippen molar-refractivity contribution in [1.29, 1.82) is 0 Å². The van der Waals surface area contributed by atoms with Crippen LogP contribution >= 0.6 is 0 Å². The quantitative estimate of drug-likeness (QED) is 0.757. The van der Waals surface area contributed by atoms with Gasteiger partial charge in [0.1, 0.15) is 6.04 Å². The Balaban J connectivity index is 3.40. The van der Waals surface area contributed by atoms with Crippen molar-refractivity contribution < 1.29 is 27.9 Å². The molecule has 0 radical (unpaired) electrons. The molecule has 0 aliphatic carbocycles. The largest absolute Gasteiger partial charge is 0.480 e. The molecule has 0 saturated carbocycles. The molecule has 0 fully saturated rings. The molecule has 0 unspecified atom stereocenters. The zero-order chi connectivity index (χ0) is 17.9. The number of rotatable bonds is 6. The first kappa shape index (κ1) is 19.1. The van der Waals surface area contributed by atoms with Crippen LogP contribution in [0.4, 0.5) is 0 Å². The number of ether oxygens (including phenoxy) is 1. The number of carbonyl (C=O) groups excluding carboxylic acids is 1. The molecular formula is C15H21NO6S. The molecule has 0 heterocycles. The van der Waals surface area contributed by atoms with E-state index in [1.807, 2.05) is 0 Å². The van der Waals surface area contributed by atoms with Crippen molar-refractivity contribution in [3.05, 3.63) is 28.8 Å². The van der Waals surface area contributed by atoms with Crippen LogP contribution in [-0.2, 0) is 19.6 Å². The van der Waals surface area contributed by atoms with E-state index in [-0.39, 0.29) is 10.5 Å². The number of esters is 1. The number of hydrogen-bond donors (Lipinski definition) is 2. The minimum Gasteiger partial charge on any atom is -0.480 e. The summed E-state index contributed by atoms with van der Waals surface area (Å²) in [5.74, 6) is -2.36. The molecule has 0 aliphatic rings. The molecule has 23 heavy (non-hydrogen) atoms. The van der Waals surface area contributed by atoms with Crippen LogP contribution < -0.4 is 4.72 Å². The maximum absolute atomic E-state index is 12.6. The van der Waals surface area contributed by atoms with E-state index in [9.17, 15) is 18.0 Å². The van der Waals surface area contributed by atoms with Crippen molar-refractivity contribution in [3.63, 3.8) is 0 Å². The lowest BCUT2D eigenvalue weighted by molar-refractivity contribution is -0.140. The Labute approximate surface area is 135 Å². The molecule has 1 atom stereocenters. The summed E-state index contributed by atoms with van der Waals surface area (Å²) in [6.45, 7) is 6.46. The molecular weight excluding hydrogens is 322 g/mol. The average Bonchev–Trinajstić information content (AvgIpc) is 2.45. The van der Waals surface area contributed by atoms with Crippen LogP contribution in [0.1, 0.15) is 35.3 Å². The summed E-state index contributed by atoms with van der Waals surface area (Å²) in [5, 5.41) is 9.16. The normalized spacial score (nSPS) is 13.0. The average molecular weight is 343 g/mol. The van der Waals surface area contributed by atoms with Gasteiger partial charge in [0.05, 0.1) is 17.6 Å². The maximum Gasteiger partial charge on any atom is 0.337 e. The van der Waals surface area contributed by atoms with E-state index in [0.717, 1.165) is 0 Å². The molecule has 8 heteroatoms. The van der Waals surface area contributed by atoms with Gasteiger partial charge in [-0.25, -0.2) is 13.2 Å². The fraction of sp³-hybridized carbons (Fsp3) is 0.467. The van der Waals surface area contributed by atoms with E-state index in [1.54, 1.807) is 27.7 Å².